The molecule has 0 saturated carbocycles. The smallest absolute Gasteiger partial charge is 0.0995 e. The predicted molar refractivity (Wildman–Crippen MR) is 72.3 cm³/mol. The highest BCUT2D eigenvalue weighted by atomic mass is 79.9. The van der Waals surface area contributed by atoms with Crippen LogP contribution < -0.4 is 5.73 Å². The zero-order valence-electron chi connectivity index (χ0n) is 7.95. The molecule has 0 aliphatic heterocycles. The van der Waals surface area contributed by atoms with Gasteiger partial charge in [0.1, 0.15) is 0 Å². The fraction of sp³-hybridized carbons (Fsp3) is 0.100. The number of nitrogens with zero attached hydrogens (tertiary/aromatic N) is 1. The van der Waals surface area contributed by atoms with E-state index in [0.29, 0.717) is 8.67 Å². The number of nitrogens with two attached hydrogens (primary N) is 1. The third-order valence-electron chi connectivity index (χ3n) is 2.10. The van der Waals surface area contributed by atoms with Gasteiger partial charge in [0.2, 0.25) is 0 Å². The lowest BCUT2D eigenvalue weighted by molar-refractivity contribution is 0.867. The Morgan fingerprint density at radius 2 is 2.06 bits per heavy atom. The lowest BCUT2D eigenvalue weighted by atomic mass is 10.0. The van der Waals surface area contributed by atoms with Gasteiger partial charge in [-0.05, 0) is 33.6 Å². The molecule has 2 N–H and O–H groups in total. The summed E-state index contributed by atoms with van der Waals surface area (Å²) in [5, 5.41) is 0. The summed E-state index contributed by atoms with van der Waals surface area (Å²) in [5.74, 6) is 0. The zero-order valence-corrected chi connectivity index (χ0v) is 11.9. The summed E-state index contributed by atoms with van der Waals surface area (Å²) in [6, 6.07) is 3.40. The molecule has 2 aromatic heterocycles. The molecule has 0 bridgehead atoms. The molecule has 0 spiro atoms. The molecule has 0 aliphatic rings. The van der Waals surface area contributed by atoms with Crippen LogP contribution in [-0.2, 0) is 0 Å². The Hall–Kier alpha value is -0.130. The third kappa shape index (κ3) is 2.57. The Kier molecular flexibility index (Phi) is 3.87. The molecule has 16 heavy (non-hydrogen) atoms. The quantitative estimate of drug-likeness (QED) is 0.889. The first-order valence-electron chi connectivity index (χ1n) is 4.38. The van der Waals surface area contributed by atoms with E-state index in [0.717, 1.165) is 15.6 Å². The molecule has 1 unspecified atom stereocenters. The van der Waals surface area contributed by atoms with E-state index in [1.165, 1.54) is 11.3 Å². The van der Waals surface area contributed by atoms with Crippen molar-refractivity contribution in [2.45, 2.75) is 6.04 Å². The maximum atomic E-state index is 6.10. The molecule has 0 aliphatic carbocycles. The summed E-state index contributed by atoms with van der Waals surface area (Å²) in [7, 11) is 0. The molecule has 0 aromatic carbocycles. The number of pyridine rings is 1. The Bertz CT molecular complexity index is 515. The Morgan fingerprint density at radius 3 is 2.62 bits per heavy atom. The van der Waals surface area contributed by atoms with Crippen LogP contribution in [0.15, 0.2) is 29.0 Å². The molecule has 1 atom stereocenters. The van der Waals surface area contributed by atoms with Gasteiger partial charge in [0.05, 0.1) is 14.7 Å². The molecule has 6 heteroatoms. The number of aromatic nitrogens is 1. The van der Waals surface area contributed by atoms with Crippen LogP contribution in [-0.4, -0.2) is 4.98 Å². The van der Waals surface area contributed by atoms with E-state index in [1.807, 2.05) is 6.07 Å². The Labute approximate surface area is 116 Å². The lowest BCUT2D eigenvalue weighted by Gasteiger charge is -2.10. The van der Waals surface area contributed by atoms with Gasteiger partial charge in [0.15, 0.2) is 0 Å². The highest BCUT2D eigenvalue weighted by Crippen LogP contribution is 2.36. The van der Waals surface area contributed by atoms with Crippen molar-refractivity contribution in [2.24, 2.45) is 5.73 Å². The van der Waals surface area contributed by atoms with E-state index in [2.05, 4.69) is 20.9 Å². The van der Waals surface area contributed by atoms with Gasteiger partial charge in [0, 0.05) is 22.4 Å². The molecule has 2 aromatic rings. The minimum Gasteiger partial charge on any atom is -0.320 e. The molecular formula is C10H7BrCl2N2S. The highest BCUT2D eigenvalue weighted by molar-refractivity contribution is 9.10. The average Bonchev–Trinajstić information content (AvgIpc) is 2.57. The normalized spacial score (nSPS) is 12.8. The maximum absolute atomic E-state index is 6.10. The van der Waals surface area contributed by atoms with Gasteiger partial charge >= 0.3 is 0 Å². The second kappa shape index (κ2) is 5.02. The van der Waals surface area contributed by atoms with Gasteiger partial charge in [-0.1, -0.05) is 23.2 Å². The Morgan fingerprint density at radius 1 is 1.31 bits per heavy atom. The van der Waals surface area contributed by atoms with Crippen LogP contribution in [0.1, 0.15) is 17.2 Å². The molecule has 2 nitrogen and oxygen atoms in total. The first-order valence-corrected chi connectivity index (χ1v) is 6.75. The van der Waals surface area contributed by atoms with Crippen molar-refractivity contribution < 1.29 is 0 Å². The van der Waals surface area contributed by atoms with Crippen molar-refractivity contribution in [2.75, 3.05) is 0 Å². The third-order valence-corrected chi connectivity index (χ3v) is 4.05. The topological polar surface area (TPSA) is 38.9 Å². The van der Waals surface area contributed by atoms with Crippen LogP contribution in [0.4, 0.5) is 0 Å². The van der Waals surface area contributed by atoms with E-state index in [1.54, 1.807) is 18.5 Å². The minimum atomic E-state index is -0.304. The minimum absolute atomic E-state index is 0.304. The van der Waals surface area contributed by atoms with Gasteiger partial charge in [-0.3, -0.25) is 4.98 Å². The Balaban J connectivity index is 2.38. The summed E-state index contributed by atoms with van der Waals surface area (Å²) in [6.45, 7) is 0. The van der Waals surface area contributed by atoms with E-state index >= 15 is 0 Å². The molecule has 2 heterocycles. The predicted octanol–water partition coefficient (Wildman–Crippen LogP) is 4.26. The molecule has 84 valence electrons. The van der Waals surface area contributed by atoms with Gasteiger partial charge in [-0.25, -0.2) is 0 Å². The fourth-order valence-electron chi connectivity index (χ4n) is 1.34. The van der Waals surface area contributed by atoms with Crippen molar-refractivity contribution in [3.63, 3.8) is 0 Å². The van der Waals surface area contributed by atoms with Crippen LogP contribution in [0.3, 0.4) is 0 Å². The zero-order chi connectivity index (χ0) is 11.7. The summed E-state index contributed by atoms with van der Waals surface area (Å²) < 4.78 is 2.15. The van der Waals surface area contributed by atoms with Crippen molar-refractivity contribution in [1.82, 2.24) is 4.98 Å². The highest BCUT2D eigenvalue weighted by Gasteiger charge is 2.16. The van der Waals surface area contributed by atoms with E-state index in [-0.39, 0.29) is 6.04 Å². The molecular weight excluding hydrogens is 331 g/mol. The number of rotatable bonds is 2. The second-order valence-electron chi connectivity index (χ2n) is 3.19. The van der Waals surface area contributed by atoms with Gasteiger partial charge < -0.3 is 5.73 Å². The van der Waals surface area contributed by atoms with Gasteiger partial charge in [-0.2, -0.15) is 0 Å². The number of thiophene rings is 1. The fourth-order valence-corrected chi connectivity index (χ4v) is 3.28. The first-order chi connectivity index (χ1) is 7.58. The van der Waals surface area contributed by atoms with Gasteiger partial charge in [-0.15, -0.1) is 11.3 Å². The summed E-state index contributed by atoms with van der Waals surface area (Å²) >= 11 is 16.6. The summed E-state index contributed by atoms with van der Waals surface area (Å²) in [5.41, 5.74) is 7.83. The van der Waals surface area contributed by atoms with E-state index in [4.69, 9.17) is 28.9 Å². The molecule has 0 radical (unpaired) electrons. The van der Waals surface area contributed by atoms with Crippen LogP contribution in [0.25, 0.3) is 0 Å². The van der Waals surface area contributed by atoms with Crippen molar-refractivity contribution in [1.29, 1.82) is 0 Å². The van der Waals surface area contributed by atoms with Crippen LogP contribution >= 0.6 is 50.5 Å². The first kappa shape index (κ1) is 12.3. The van der Waals surface area contributed by atoms with Crippen molar-refractivity contribution in [3.8, 4) is 0 Å². The van der Waals surface area contributed by atoms with Crippen molar-refractivity contribution >= 4 is 50.5 Å². The molecule has 0 saturated heterocycles. The monoisotopic (exact) mass is 336 g/mol. The second-order valence-corrected chi connectivity index (χ2v) is 6.39. The maximum Gasteiger partial charge on any atom is 0.0995 e. The summed E-state index contributed by atoms with van der Waals surface area (Å²) in [4.78, 5) is 4.07. The number of halogens is 3. The molecule has 2 rings (SSSR count). The average molecular weight is 338 g/mol. The lowest BCUT2D eigenvalue weighted by Crippen LogP contribution is -2.11. The molecule has 0 amide bonds. The number of hydrogen-bond donors (Lipinski definition) is 1. The van der Waals surface area contributed by atoms with Crippen LogP contribution in [0.2, 0.25) is 8.67 Å². The van der Waals surface area contributed by atoms with E-state index < -0.39 is 0 Å². The molecule has 0 fully saturated rings. The number of hydrogen-bond acceptors (Lipinski definition) is 3. The van der Waals surface area contributed by atoms with Crippen LogP contribution in [0.5, 0.6) is 0 Å². The van der Waals surface area contributed by atoms with E-state index in [9.17, 15) is 0 Å². The van der Waals surface area contributed by atoms with Crippen LogP contribution in [0, 0.1) is 0 Å². The standard InChI is InChI=1S/C10H7BrCl2N2S/c11-6-1-5(3-15-4-6)9(14)7-2-8(12)16-10(7)13/h1-4,9H,14H2. The summed E-state index contributed by atoms with van der Waals surface area (Å²) in [6.07, 6.45) is 3.43. The largest absolute Gasteiger partial charge is 0.320 e. The van der Waals surface area contributed by atoms with Gasteiger partial charge in [0.25, 0.3) is 0 Å². The van der Waals surface area contributed by atoms with Crippen molar-refractivity contribution in [3.05, 3.63) is 48.8 Å². The SMILES string of the molecule is NC(c1cncc(Br)c1)c1cc(Cl)sc1Cl.